The van der Waals surface area contributed by atoms with E-state index in [1.54, 1.807) is 0 Å². The van der Waals surface area contributed by atoms with Crippen molar-refractivity contribution in [1.29, 1.82) is 0 Å². The number of hydrogen-bond donors (Lipinski definition) is 1. The number of halogens is 2. The predicted molar refractivity (Wildman–Crippen MR) is 99.7 cm³/mol. The highest BCUT2D eigenvalue weighted by molar-refractivity contribution is 5.93. The molecule has 5 nitrogen and oxygen atoms in total. The van der Waals surface area contributed by atoms with Gasteiger partial charge in [-0.25, -0.2) is 9.18 Å². The minimum absolute atomic E-state index is 0.154. The van der Waals surface area contributed by atoms with Gasteiger partial charge in [0.25, 0.3) is 0 Å². The van der Waals surface area contributed by atoms with Gasteiger partial charge in [0.15, 0.2) is 11.6 Å². The molecule has 0 spiro atoms. The molecular weight excluding hydrogens is 368 g/mol. The molecular formula is C21H25F2NO4. The van der Waals surface area contributed by atoms with Crippen LogP contribution in [0.4, 0.5) is 8.78 Å². The molecule has 0 bridgehead atoms. The molecule has 0 radical (unpaired) electrons. The SMILES string of the molecule is COCC1=C(C(=O)OCC2CC2)C(c2ccc(F)c(F)c2OC)C(C)=C(C)N1. The van der Waals surface area contributed by atoms with Gasteiger partial charge >= 0.3 is 5.97 Å². The Morgan fingerprint density at radius 2 is 1.93 bits per heavy atom. The quantitative estimate of drug-likeness (QED) is 0.714. The number of ether oxygens (including phenoxy) is 3. The highest BCUT2D eigenvalue weighted by Crippen LogP contribution is 2.43. The van der Waals surface area contributed by atoms with E-state index in [-0.39, 0.29) is 12.4 Å². The van der Waals surface area contributed by atoms with Crippen LogP contribution in [0.5, 0.6) is 5.75 Å². The second-order valence-electron chi connectivity index (χ2n) is 7.22. The second-order valence-corrected chi connectivity index (χ2v) is 7.22. The van der Waals surface area contributed by atoms with Gasteiger partial charge in [-0.05, 0) is 44.2 Å². The van der Waals surface area contributed by atoms with E-state index < -0.39 is 23.5 Å². The molecule has 1 aromatic rings. The molecule has 1 aliphatic heterocycles. The van der Waals surface area contributed by atoms with Gasteiger partial charge in [-0.2, -0.15) is 4.39 Å². The third-order valence-electron chi connectivity index (χ3n) is 5.23. The van der Waals surface area contributed by atoms with Crippen LogP contribution in [0.15, 0.2) is 34.7 Å². The van der Waals surface area contributed by atoms with Crippen molar-refractivity contribution in [3.63, 3.8) is 0 Å². The van der Waals surface area contributed by atoms with Crippen molar-refractivity contribution in [2.75, 3.05) is 27.4 Å². The average Bonchev–Trinajstić information content (AvgIpc) is 3.49. The van der Waals surface area contributed by atoms with Crippen molar-refractivity contribution in [1.82, 2.24) is 5.32 Å². The number of rotatable bonds is 7. The third-order valence-corrected chi connectivity index (χ3v) is 5.23. The van der Waals surface area contributed by atoms with Crippen LogP contribution >= 0.6 is 0 Å². The zero-order valence-electron chi connectivity index (χ0n) is 16.5. The number of hydrogen-bond acceptors (Lipinski definition) is 5. The summed E-state index contributed by atoms with van der Waals surface area (Å²) in [6.45, 7) is 4.20. The van der Waals surface area contributed by atoms with Gasteiger partial charge < -0.3 is 19.5 Å². The Hall–Kier alpha value is -2.41. The van der Waals surface area contributed by atoms with Gasteiger partial charge in [0.05, 0.1) is 31.6 Å². The molecule has 0 amide bonds. The van der Waals surface area contributed by atoms with E-state index >= 15 is 0 Å². The molecule has 1 N–H and O–H groups in total. The third kappa shape index (κ3) is 3.90. The van der Waals surface area contributed by atoms with E-state index in [1.165, 1.54) is 20.3 Å². The van der Waals surface area contributed by atoms with Crippen LogP contribution < -0.4 is 10.1 Å². The Balaban J connectivity index is 2.11. The fourth-order valence-corrected chi connectivity index (χ4v) is 3.43. The van der Waals surface area contributed by atoms with E-state index in [2.05, 4.69) is 5.32 Å². The molecule has 1 unspecified atom stereocenters. The summed E-state index contributed by atoms with van der Waals surface area (Å²) in [6, 6.07) is 2.49. The van der Waals surface area contributed by atoms with Crippen molar-refractivity contribution >= 4 is 5.97 Å². The lowest BCUT2D eigenvalue weighted by Crippen LogP contribution is -2.31. The van der Waals surface area contributed by atoms with Gasteiger partial charge in [-0.15, -0.1) is 0 Å². The molecule has 1 saturated carbocycles. The fourth-order valence-electron chi connectivity index (χ4n) is 3.43. The monoisotopic (exact) mass is 393 g/mol. The molecule has 1 fully saturated rings. The zero-order chi connectivity index (χ0) is 20.4. The molecule has 1 aromatic carbocycles. The Morgan fingerprint density at radius 3 is 2.54 bits per heavy atom. The topological polar surface area (TPSA) is 56.8 Å². The summed E-state index contributed by atoms with van der Waals surface area (Å²) < 4.78 is 44.1. The van der Waals surface area contributed by atoms with Crippen LogP contribution in [0.1, 0.15) is 38.2 Å². The first-order valence-electron chi connectivity index (χ1n) is 9.24. The zero-order valence-corrected chi connectivity index (χ0v) is 16.5. The first kappa shape index (κ1) is 20.3. The Labute approximate surface area is 163 Å². The van der Waals surface area contributed by atoms with Crippen LogP contribution in [-0.4, -0.2) is 33.4 Å². The van der Waals surface area contributed by atoms with Crippen LogP contribution in [0.3, 0.4) is 0 Å². The van der Waals surface area contributed by atoms with E-state index in [0.717, 1.165) is 30.2 Å². The number of allylic oxidation sites excluding steroid dienone is 2. The molecule has 0 saturated heterocycles. The van der Waals surface area contributed by atoms with E-state index in [4.69, 9.17) is 14.2 Å². The number of benzene rings is 1. The number of carbonyl (C=O) groups is 1. The van der Waals surface area contributed by atoms with Gasteiger partial charge in [-0.3, -0.25) is 0 Å². The minimum atomic E-state index is -1.08. The van der Waals surface area contributed by atoms with E-state index in [1.807, 2.05) is 13.8 Å². The molecule has 3 rings (SSSR count). The van der Waals surface area contributed by atoms with Crippen molar-refractivity contribution in [2.24, 2.45) is 5.92 Å². The highest BCUT2D eigenvalue weighted by atomic mass is 19.2. The Bertz CT molecular complexity index is 843. The summed E-state index contributed by atoms with van der Waals surface area (Å²) in [4.78, 5) is 13.0. The van der Waals surface area contributed by atoms with Gasteiger partial charge in [0.1, 0.15) is 0 Å². The maximum absolute atomic E-state index is 14.4. The summed E-state index contributed by atoms with van der Waals surface area (Å²) >= 11 is 0. The van der Waals surface area contributed by atoms with Gasteiger partial charge in [0.2, 0.25) is 5.82 Å². The smallest absolute Gasteiger partial charge is 0.336 e. The molecule has 0 aromatic heterocycles. The maximum Gasteiger partial charge on any atom is 0.336 e. The van der Waals surface area contributed by atoms with Crippen LogP contribution in [0.25, 0.3) is 0 Å². The molecule has 7 heteroatoms. The van der Waals surface area contributed by atoms with Crippen molar-refractivity contribution < 1.29 is 27.8 Å². The summed E-state index contributed by atoms with van der Waals surface area (Å²) in [7, 11) is 2.80. The average molecular weight is 393 g/mol. The van der Waals surface area contributed by atoms with E-state index in [0.29, 0.717) is 29.4 Å². The summed E-state index contributed by atoms with van der Waals surface area (Å²) in [6.07, 6.45) is 2.10. The Morgan fingerprint density at radius 1 is 1.21 bits per heavy atom. The molecule has 2 aliphatic rings. The van der Waals surface area contributed by atoms with Crippen molar-refractivity contribution in [2.45, 2.75) is 32.6 Å². The summed E-state index contributed by atoms with van der Waals surface area (Å²) in [5.41, 5.74) is 2.84. The Kier molecular flexibility index (Phi) is 6.03. The highest BCUT2D eigenvalue weighted by Gasteiger charge is 2.37. The van der Waals surface area contributed by atoms with Crippen molar-refractivity contribution in [3.8, 4) is 5.75 Å². The summed E-state index contributed by atoms with van der Waals surface area (Å²) in [5, 5.41) is 3.19. The molecule has 152 valence electrons. The normalized spacial score (nSPS) is 19.6. The predicted octanol–water partition coefficient (Wildman–Crippen LogP) is 3.81. The molecule has 1 atom stereocenters. The number of dihydropyridines is 1. The first-order chi connectivity index (χ1) is 13.4. The van der Waals surface area contributed by atoms with Crippen LogP contribution in [-0.2, 0) is 14.3 Å². The van der Waals surface area contributed by atoms with Crippen LogP contribution in [0.2, 0.25) is 0 Å². The van der Waals surface area contributed by atoms with Gasteiger partial charge in [-0.1, -0.05) is 6.07 Å². The fraction of sp³-hybridized carbons (Fsp3) is 0.476. The number of methoxy groups -OCH3 is 2. The van der Waals surface area contributed by atoms with Crippen LogP contribution in [0, 0.1) is 17.6 Å². The largest absolute Gasteiger partial charge is 0.493 e. The lowest BCUT2D eigenvalue weighted by atomic mass is 9.80. The molecule has 1 aliphatic carbocycles. The maximum atomic E-state index is 14.4. The molecule has 28 heavy (non-hydrogen) atoms. The van der Waals surface area contributed by atoms with Gasteiger partial charge in [0, 0.05) is 24.3 Å². The van der Waals surface area contributed by atoms with Crippen molar-refractivity contribution in [3.05, 3.63) is 51.9 Å². The molecule has 1 heterocycles. The van der Waals surface area contributed by atoms with E-state index in [9.17, 15) is 13.6 Å². The number of esters is 1. The lowest BCUT2D eigenvalue weighted by molar-refractivity contribution is -0.140. The minimum Gasteiger partial charge on any atom is -0.493 e. The second kappa shape index (κ2) is 8.31. The number of carbonyl (C=O) groups excluding carboxylic acids is 1. The first-order valence-corrected chi connectivity index (χ1v) is 9.24. The lowest BCUT2D eigenvalue weighted by Gasteiger charge is -2.31. The summed E-state index contributed by atoms with van der Waals surface area (Å²) in [5.74, 6) is -3.03. The standard InChI is InChI=1S/C21H25F2NO4/c1-11-12(2)24-16(10-26-3)18(21(25)28-9-13-5-6-13)17(11)14-7-8-15(22)19(23)20(14)27-4/h7-8,13,17,24H,5-6,9-10H2,1-4H3. The number of nitrogens with one attached hydrogen (secondary N) is 1.